The summed E-state index contributed by atoms with van der Waals surface area (Å²) in [4.78, 5) is 0. The third-order valence-corrected chi connectivity index (χ3v) is 2.94. The number of anilines is 1. The molecule has 0 radical (unpaired) electrons. The lowest BCUT2D eigenvalue weighted by atomic mass is 10.2. The molecule has 0 saturated carbocycles. The molecule has 1 N–H and O–H groups in total. The van der Waals surface area contributed by atoms with E-state index in [0.29, 0.717) is 12.2 Å². The molecule has 2 aromatic carbocycles. The maximum absolute atomic E-state index is 13.5. The molecule has 2 rings (SSSR count). The second-order valence-corrected chi connectivity index (χ2v) is 4.73. The van der Waals surface area contributed by atoms with Crippen LogP contribution in [0.2, 0.25) is 0 Å². The van der Waals surface area contributed by atoms with Crippen molar-refractivity contribution in [1.82, 2.24) is 0 Å². The van der Waals surface area contributed by atoms with Gasteiger partial charge >= 0.3 is 0 Å². The first-order chi connectivity index (χ1) is 8.75. The van der Waals surface area contributed by atoms with E-state index < -0.39 is 0 Å². The van der Waals surface area contributed by atoms with Gasteiger partial charge in [0, 0.05) is 11.0 Å². The fraction of sp³-hybridized carbons (Fsp3) is 0.0667. The quantitative estimate of drug-likeness (QED) is 0.862. The van der Waals surface area contributed by atoms with Gasteiger partial charge in [-0.15, -0.1) is 0 Å². The lowest BCUT2D eigenvalue weighted by Gasteiger charge is -2.04. The predicted molar refractivity (Wildman–Crippen MR) is 78.1 cm³/mol. The Labute approximate surface area is 114 Å². The van der Waals surface area contributed by atoms with Gasteiger partial charge in [0.05, 0.1) is 5.69 Å². The van der Waals surface area contributed by atoms with Crippen molar-refractivity contribution in [3.8, 4) is 0 Å². The summed E-state index contributed by atoms with van der Waals surface area (Å²) in [5.74, 6) is -0.252. The number of nitrogens with one attached hydrogen (secondary N) is 1. The van der Waals surface area contributed by atoms with Crippen LogP contribution in [0.1, 0.15) is 5.56 Å². The maximum atomic E-state index is 13.5. The predicted octanol–water partition coefficient (Wildman–Crippen LogP) is 4.71. The van der Waals surface area contributed by atoms with E-state index in [-0.39, 0.29) is 5.82 Å². The standard InChI is InChI=1S/C15H13BrFN/c16-13-8-9-15(14(17)11-13)18-10-4-7-12-5-2-1-3-6-12/h1-9,11,18H,10H2/b7-4+. The first-order valence-electron chi connectivity index (χ1n) is 5.66. The van der Waals surface area contributed by atoms with Crippen LogP contribution in [0.3, 0.4) is 0 Å². The van der Waals surface area contributed by atoms with Crippen molar-refractivity contribution in [2.75, 3.05) is 11.9 Å². The molecule has 0 aromatic heterocycles. The third-order valence-electron chi connectivity index (χ3n) is 2.45. The van der Waals surface area contributed by atoms with Gasteiger partial charge in [0.25, 0.3) is 0 Å². The Bertz CT molecular complexity index is 537. The van der Waals surface area contributed by atoms with Gasteiger partial charge in [-0.1, -0.05) is 58.4 Å². The molecule has 0 spiro atoms. The molecule has 0 atom stereocenters. The third kappa shape index (κ3) is 3.70. The van der Waals surface area contributed by atoms with Crippen molar-refractivity contribution >= 4 is 27.7 Å². The Morgan fingerprint density at radius 3 is 2.61 bits per heavy atom. The zero-order valence-corrected chi connectivity index (χ0v) is 11.3. The second kappa shape index (κ2) is 6.36. The molecule has 0 heterocycles. The van der Waals surface area contributed by atoms with E-state index in [4.69, 9.17) is 0 Å². The SMILES string of the molecule is Fc1cc(Br)ccc1NC/C=C/c1ccccc1. The highest BCUT2D eigenvalue weighted by Crippen LogP contribution is 2.19. The number of hydrogen-bond acceptors (Lipinski definition) is 1. The molecule has 1 nitrogen and oxygen atoms in total. The zero-order chi connectivity index (χ0) is 12.8. The van der Waals surface area contributed by atoms with E-state index >= 15 is 0 Å². The lowest BCUT2D eigenvalue weighted by molar-refractivity contribution is 0.630. The molecule has 0 aliphatic carbocycles. The Balaban J connectivity index is 1.91. The zero-order valence-electron chi connectivity index (χ0n) is 9.74. The molecular weight excluding hydrogens is 293 g/mol. The van der Waals surface area contributed by atoms with Crippen molar-refractivity contribution in [2.24, 2.45) is 0 Å². The highest BCUT2D eigenvalue weighted by atomic mass is 79.9. The van der Waals surface area contributed by atoms with Crippen molar-refractivity contribution in [3.63, 3.8) is 0 Å². The van der Waals surface area contributed by atoms with Gasteiger partial charge in [-0.3, -0.25) is 0 Å². The number of hydrogen-bond donors (Lipinski definition) is 1. The van der Waals surface area contributed by atoms with Crippen molar-refractivity contribution in [3.05, 3.63) is 70.5 Å². The largest absolute Gasteiger partial charge is 0.379 e. The minimum absolute atomic E-state index is 0.252. The van der Waals surface area contributed by atoms with Crippen molar-refractivity contribution in [2.45, 2.75) is 0 Å². The van der Waals surface area contributed by atoms with Crippen LogP contribution in [0.4, 0.5) is 10.1 Å². The normalized spacial score (nSPS) is 10.8. The van der Waals surface area contributed by atoms with E-state index in [1.165, 1.54) is 6.07 Å². The fourth-order valence-corrected chi connectivity index (χ4v) is 1.89. The summed E-state index contributed by atoms with van der Waals surface area (Å²) in [5, 5.41) is 3.03. The molecule has 0 bridgehead atoms. The van der Waals surface area contributed by atoms with Crippen molar-refractivity contribution < 1.29 is 4.39 Å². The molecule has 2 aromatic rings. The van der Waals surface area contributed by atoms with Gasteiger partial charge in [-0.25, -0.2) is 4.39 Å². The Morgan fingerprint density at radius 2 is 1.89 bits per heavy atom. The minimum Gasteiger partial charge on any atom is -0.379 e. The summed E-state index contributed by atoms with van der Waals surface area (Å²) >= 11 is 3.23. The summed E-state index contributed by atoms with van der Waals surface area (Å²) in [6, 6.07) is 15.0. The molecule has 3 heteroatoms. The molecular formula is C15H13BrFN. The lowest BCUT2D eigenvalue weighted by Crippen LogP contribution is -2.00. The monoisotopic (exact) mass is 305 g/mol. The van der Waals surface area contributed by atoms with Crippen LogP contribution in [0.5, 0.6) is 0 Å². The topological polar surface area (TPSA) is 12.0 Å². The molecule has 0 aliphatic heterocycles. The van der Waals surface area contributed by atoms with Gasteiger partial charge < -0.3 is 5.32 Å². The van der Waals surface area contributed by atoms with Gasteiger partial charge in [-0.05, 0) is 23.8 Å². The average molecular weight is 306 g/mol. The molecule has 0 amide bonds. The fourth-order valence-electron chi connectivity index (χ4n) is 1.56. The smallest absolute Gasteiger partial charge is 0.147 e. The average Bonchev–Trinajstić information content (AvgIpc) is 2.38. The molecule has 92 valence electrons. The molecule has 0 unspecified atom stereocenters. The Hall–Kier alpha value is -1.61. The van der Waals surface area contributed by atoms with Crippen molar-refractivity contribution in [1.29, 1.82) is 0 Å². The summed E-state index contributed by atoms with van der Waals surface area (Å²) in [6.45, 7) is 0.591. The highest BCUT2D eigenvalue weighted by molar-refractivity contribution is 9.10. The van der Waals surface area contributed by atoms with E-state index in [2.05, 4.69) is 21.2 Å². The van der Waals surface area contributed by atoms with Crippen LogP contribution in [-0.4, -0.2) is 6.54 Å². The van der Waals surface area contributed by atoms with E-state index in [1.54, 1.807) is 6.07 Å². The first kappa shape index (κ1) is 12.8. The van der Waals surface area contributed by atoms with E-state index in [1.807, 2.05) is 48.6 Å². The Morgan fingerprint density at radius 1 is 1.11 bits per heavy atom. The van der Waals surface area contributed by atoms with Crippen LogP contribution < -0.4 is 5.32 Å². The van der Waals surface area contributed by atoms with Crippen LogP contribution >= 0.6 is 15.9 Å². The Kier molecular flexibility index (Phi) is 4.53. The van der Waals surface area contributed by atoms with Crippen LogP contribution in [-0.2, 0) is 0 Å². The summed E-state index contributed by atoms with van der Waals surface area (Å²) in [6.07, 6.45) is 3.97. The van der Waals surface area contributed by atoms with Gasteiger partial charge in [0.2, 0.25) is 0 Å². The summed E-state index contributed by atoms with van der Waals surface area (Å²) in [5.41, 5.74) is 1.64. The number of rotatable bonds is 4. The summed E-state index contributed by atoms with van der Waals surface area (Å²) < 4.78 is 14.2. The minimum atomic E-state index is -0.252. The van der Waals surface area contributed by atoms with Crippen LogP contribution in [0.15, 0.2) is 59.1 Å². The second-order valence-electron chi connectivity index (χ2n) is 3.82. The van der Waals surface area contributed by atoms with Crippen LogP contribution in [0.25, 0.3) is 6.08 Å². The summed E-state index contributed by atoms with van der Waals surface area (Å²) in [7, 11) is 0. The maximum Gasteiger partial charge on any atom is 0.147 e. The van der Waals surface area contributed by atoms with E-state index in [0.717, 1.165) is 10.0 Å². The number of benzene rings is 2. The van der Waals surface area contributed by atoms with Gasteiger partial charge in [-0.2, -0.15) is 0 Å². The van der Waals surface area contributed by atoms with Gasteiger partial charge in [0.1, 0.15) is 5.82 Å². The van der Waals surface area contributed by atoms with Crippen LogP contribution in [0, 0.1) is 5.82 Å². The molecule has 0 aliphatic rings. The number of halogens is 2. The molecule has 18 heavy (non-hydrogen) atoms. The van der Waals surface area contributed by atoms with E-state index in [9.17, 15) is 4.39 Å². The van der Waals surface area contributed by atoms with Gasteiger partial charge in [0.15, 0.2) is 0 Å². The first-order valence-corrected chi connectivity index (χ1v) is 6.45. The molecule has 0 saturated heterocycles. The highest BCUT2D eigenvalue weighted by Gasteiger charge is 2.00. The molecule has 0 fully saturated rings.